The molecule has 0 heterocycles. The van der Waals surface area contributed by atoms with Crippen LogP contribution in [0, 0.1) is 5.92 Å². The first-order chi connectivity index (χ1) is 10.3. The molecule has 0 saturated carbocycles. The Kier molecular flexibility index (Phi) is 6.89. The fourth-order valence-corrected chi connectivity index (χ4v) is 2.27. The summed E-state index contributed by atoms with van der Waals surface area (Å²) in [6.07, 6.45) is 0.687. The molecular weight excluding hydrogens is 282 g/mol. The molecule has 0 bridgehead atoms. The van der Waals surface area contributed by atoms with Gasteiger partial charge in [0.1, 0.15) is 11.8 Å². The Labute approximate surface area is 131 Å². The number of nitrogens with one attached hydrogen (secondary N) is 1. The smallest absolute Gasteiger partial charge is 0.326 e. The molecule has 1 amide bonds. The van der Waals surface area contributed by atoms with E-state index in [1.54, 1.807) is 7.11 Å². The van der Waals surface area contributed by atoms with Gasteiger partial charge < -0.3 is 15.2 Å². The largest absolute Gasteiger partial charge is 0.497 e. The summed E-state index contributed by atoms with van der Waals surface area (Å²) in [5, 5.41) is 11.8. The standard InChI is InChI=1S/C17H25NO4/c1-11(2)9-15(17(20)21)18-16(19)10-12(3)13-5-7-14(22-4)8-6-13/h5-8,11-12,15H,9-10H2,1-4H3,(H,18,19)(H,20,21). The van der Waals surface area contributed by atoms with E-state index in [-0.39, 0.29) is 24.2 Å². The molecular formula is C17H25NO4. The van der Waals surface area contributed by atoms with Crippen LogP contribution in [0.2, 0.25) is 0 Å². The lowest BCUT2D eigenvalue weighted by atomic mass is 9.96. The van der Waals surface area contributed by atoms with Gasteiger partial charge in [0.2, 0.25) is 5.91 Å². The van der Waals surface area contributed by atoms with E-state index in [0.717, 1.165) is 11.3 Å². The molecule has 0 aliphatic rings. The third kappa shape index (κ3) is 5.76. The number of hydrogen-bond donors (Lipinski definition) is 2. The van der Waals surface area contributed by atoms with Crippen LogP contribution in [0.25, 0.3) is 0 Å². The van der Waals surface area contributed by atoms with Crippen molar-refractivity contribution in [3.63, 3.8) is 0 Å². The zero-order valence-corrected chi connectivity index (χ0v) is 13.6. The lowest BCUT2D eigenvalue weighted by molar-refractivity contribution is -0.142. The molecule has 0 aliphatic carbocycles. The van der Waals surface area contributed by atoms with Crippen LogP contribution < -0.4 is 10.1 Å². The third-order valence-corrected chi connectivity index (χ3v) is 3.52. The molecule has 2 N–H and O–H groups in total. The van der Waals surface area contributed by atoms with Gasteiger partial charge in [-0.3, -0.25) is 4.79 Å². The van der Waals surface area contributed by atoms with Gasteiger partial charge in [0.05, 0.1) is 7.11 Å². The summed E-state index contributed by atoms with van der Waals surface area (Å²) in [7, 11) is 1.60. The highest BCUT2D eigenvalue weighted by Crippen LogP contribution is 2.22. The maximum Gasteiger partial charge on any atom is 0.326 e. The highest BCUT2D eigenvalue weighted by molar-refractivity contribution is 5.83. The molecule has 1 aromatic carbocycles. The number of carboxylic acids is 1. The number of carbonyl (C=O) groups excluding carboxylic acids is 1. The van der Waals surface area contributed by atoms with Crippen LogP contribution in [0.5, 0.6) is 5.75 Å². The predicted octanol–water partition coefficient (Wildman–Crippen LogP) is 2.80. The monoisotopic (exact) mass is 307 g/mol. The Morgan fingerprint density at radius 3 is 2.23 bits per heavy atom. The second-order valence-electron chi connectivity index (χ2n) is 5.97. The Bertz CT molecular complexity index is 496. The molecule has 0 spiro atoms. The second kappa shape index (κ2) is 8.41. The zero-order chi connectivity index (χ0) is 16.7. The van der Waals surface area contributed by atoms with Crippen molar-refractivity contribution in [3.8, 4) is 5.75 Å². The van der Waals surface area contributed by atoms with Crippen LogP contribution in [-0.2, 0) is 9.59 Å². The van der Waals surface area contributed by atoms with E-state index in [1.807, 2.05) is 45.0 Å². The first-order valence-corrected chi connectivity index (χ1v) is 7.49. The number of carbonyl (C=O) groups is 2. The quantitative estimate of drug-likeness (QED) is 0.774. The maximum atomic E-state index is 12.0. The van der Waals surface area contributed by atoms with Crippen molar-refractivity contribution < 1.29 is 19.4 Å². The molecule has 2 atom stereocenters. The predicted molar refractivity (Wildman–Crippen MR) is 85.0 cm³/mol. The highest BCUT2D eigenvalue weighted by Gasteiger charge is 2.22. The number of amides is 1. The number of ether oxygens (including phenoxy) is 1. The Morgan fingerprint density at radius 1 is 1.18 bits per heavy atom. The maximum absolute atomic E-state index is 12.0. The van der Waals surface area contributed by atoms with Gasteiger partial charge in [-0.15, -0.1) is 0 Å². The zero-order valence-electron chi connectivity index (χ0n) is 13.6. The van der Waals surface area contributed by atoms with E-state index >= 15 is 0 Å². The van der Waals surface area contributed by atoms with Crippen LogP contribution in [0.4, 0.5) is 0 Å². The van der Waals surface area contributed by atoms with Crippen LogP contribution in [-0.4, -0.2) is 30.1 Å². The van der Waals surface area contributed by atoms with Crippen molar-refractivity contribution in [2.45, 2.75) is 45.6 Å². The van der Waals surface area contributed by atoms with Crippen LogP contribution in [0.3, 0.4) is 0 Å². The summed E-state index contributed by atoms with van der Waals surface area (Å²) >= 11 is 0. The first-order valence-electron chi connectivity index (χ1n) is 7.49. The number of carboxylic acid groups (broad SMARTS) is 1. The molecule has 5 heteroatoms. The minimum absolute atomic E-state index is 0.0133. The normalized spacial score (nSPS) is 13.5. The van der Waals surface area contributed by atoms with Gasteiger partial charge in [0, 0.05) is 6.42 Å². The summed E-state index contributed by atoms with van der Waals surface area (Å²) in [5.74, 6) is -0.237. The minimum atomic E-state index is -0.987. The number of rotatable bonds is 8. The van der Waals surface area contributed by atoms with Crippen molar-refractivity contribution in [2.24, 2.45) is 5.92 Å². The van der Waals surface area contributed by atoms with Gasteiger partial charge in [0.15, 0.2) is 0 Å². The van der Waals surface area contributed by atoms with Crippen LogP contribution in [0.15, 0.2) is 24.3 Å². The minimum Gasteiger partial charge on any atom is -0.497 e. The van der Waals surface area contributed by atoms with E-state index in [9.17, 15) is 9.59 Å². The van der Waals surface area contributed by atoms with E-state index in [2.05, 4.69) is 5.32 Å². The molecule has 0 aromatic heterocycles. The van der Waals surface area contributed by atoms with E-state index in [0.29, 0.717) is 6.42 Å². The Morgan fingerprint density at radius 2 is 1.77 bits per heavy atom. The summed E-state index contributed by atoms with van der Waals surface area (Å²) < 4.78 is 5.10. The highest BCUT2D eigenvalue weighted by atomic mass is 16.5. The molecule has 0 radical (unpaired) electrons. The number of hydrogen-bond acceptors (Lipinski definition) is 3. The van der Waals surface area contributed by atoms with Crippen molar-refractivity contribution in [2.75, 3.05) is 7.11 Å². The fraction of sp³-hybridized carbons (Fsp3) is 0.529. The molecule has 1 aromatic rings. The topological polar surface area (TPSA) is 75.6 Å². The van der Waals surface area contributed by atoms with Crippen LogP contribution in [0.1, 0.15) is 45.1 Å². The molecule has 22 heavy (non-hydrogen) atoms. The van der Waals surface area contributed by atoms with Gasteiger partial charge in [-0.1, -0.05) is 32.9 Å². The van der Waals surface area contributed by atoms with Crippen molar-refractivity contribution >= 4 is 11.9 Å². The van der Waals surface area contributed by atoms with E-state index in [4.69, 9.17) is 9.84 Å². The Hall–Kier alpha value is -2.04. The van der Waals surface area contributed by atoms with Gasteiger partial charge >= 0.3 is 5.97 Å². The van der Waals surface area contributed by atoms with Crippen LogP contribution >= 0.6 is 0 Å². The summed E-state index contributed by atoms with van der Waals surface area (Å²) in [4.78, 5) is 23.2. The molecule has 5 nitrogen and oxygen atoms in total. The number of aliphatic carboxylic acids is 1. The second-order valence-corrected chi connectivity index (χ2v) is 5.97. The summed E-state index contributed by atoms with van der Waals surface area (Å²) in [5.41, 5.74) is 1.02. The third-order valence-electron chi connectivity index (χ3n) is 3.52. The van der Waals surface area contributed by atoms with Crippen molar-refractivity contribution in [3.05, 3.63) is 29.8 Å². The first kappa shape index (κ1) is 18.0. The molecule has 1 rings (SSSR count). The van der Waals surface area contributed by atoms with Crippen molar-refractivity contribution in [1.29, 1.82) is 0 Å². The molecule has 122 valence electrons. The van der Waals surface area contributed by atoms with Gasteiger partial charge in [-0.25, -0.2) is 4.79 Å². The summed E-state index contributed by atoms with van der Waals surface area (Å²) in [6.45, 7) is 5.81. The molecule has 0 saturated heterocycles. The number of methoxy groups -OCH3 is 1. The SMILES string of the molecule is COc1ccc(C(C)CC(=O)NC(CC(C)C)C(=O)O)cc1. The lowest BCUT2D eigenvalue weighted by Crippen LogP contribution is -2.41. The molecule has 0 fully saturated rings. The molecule has 0 aliphatic heterocycles. The average molecular weight is 307 g/mol. The van der Waals surface area contributed by atoms with Crippen molar-refractivity contribution in [1.82, 2.24) is 5.32 Å². The molecule has 2 unspecified atom stereocenters. The lowest BCUT2D eigenvalue weighted by Gasteiger charge is -2.18. The van der Waals surface area contributed by atoms with E-state index < -0.39 is 12.0 Å². The average Bonchev–Trinajstić information content (AvgIpc) is 2.46. The Balaban J connectivity index is 2.60. The number of benzene rings is 1. The van der Waals surface area contributed by atoms with Gasteiger partial charge in [0.25, 0.3) is 0 Å². The van der Waals surface area contributed by atoms with Gasteiger partial charge in [-0.2, -0.15) is 0 Å². The van der Waals surface area contributed by atoms with E-state index in [1.165, 1.54) is 0 Å². The summed E-state index contributed by atoms with van der Waals surface area (Å²) in [6, 6.07) is 6.71. The van der Waals surface area contributed by atoms with Gasteiger partial charge in [-0.05, 0) is 36.0 Å². The fourth-order valence-electron chi connectivity index (χ4n) is 2.27.